The van der Waals surface area contributed by atoms with Crippen molar-refractivity contribution in [2.75, 3.05) is 0 Å². The summed E-state index contributed by atoms with van der Waals surface area (Å²) < 4.78 is 25.9. The molecule has 1 unspecified atom stereocenters. The van der Waals surface area contributed by atoms with Crippen LogP contribution in [0.15, 0.2) is 35.7 Å². The highest BCUT2D eigenvalue weighted by Gasteiger charge is 2.12. The fourth-order valence-electron chi connectivity index (χ4n) is 1.48. The molecule has 1 aromatic heterocycles. The first-order valence-electron chi connectivity index (χ1n) is 4.77. The van der Waals surface area contributed by atoms with Crippen LogP contribution in [0.1, 0.15) is 15.8 Å². The monoisotopic (exact) mass is 258 g/mol. The van der Waals surface area contributed by atoms with E-state index in [0.717, 1.165) is 10.9 Å². The van der Waals surface area contributed by atoms with Crippen LogP contribution in [0, 0.1) is 11.6 Å². The van der Waals surface area contributed by atoms with Crippen molar-refractivity contribution in [3.8, 4) is 0 Å². The molecule has 0 amide bonds. The van der Waals surface area contributed by atoms with Gasteiger partial charge in [-0.2, -0.15) is 0 Å². The van der Waals surface area contributed by atoms with E-state index in [4.69, 9.17) is 11.6 Å². The first-order chi connectivity index (χ1) is 7.65. The van der Waals surface area contributed by atoms with Crippen LogP contribution in [0.25, 0.3) is 0 Å². The van der Waals surface area contributed by atoms with Crippen molar-refractivity contribution < 1.29 is 8.78 Å². The van der Waals surface area contributed by atoms with E-state index in [9.17, 15) is 8.78 Å². The minimum atomic E-state index is -0.591. The molecule has 4 heteroatoms. The van der Waals surface area contributed by atoms with Gasteiger partial charge in [0.25, 0.3) is 0 Å². The third-order valence-corrected chi connectivity index (χ3v) is 3.51. The number of rotatable bonds is 3. The molecule has 1 aromatic carbocycles. The number of thiophene rings is 1. The minimum Gasteiger partial charge on any atom is -0.207 e. The van der Waals surface area contributed by atoms with Crippen molar-refractivity contribution in [2.24, 2.45) is 0 Å². The van der Waals surface area contributed by atoms with Gasteiger partial charge in [0, 0.05) is 17.4 Å². The second-order valence-corrected chi connectivity index (χ2v) is 5.01. The summed E-state index contributed by atoms with van der Waals surface area (Å²) in [6, 6.07) is 7.27. The molecule has 0 spiro atoms. The van der Waals surface area contributed by atoms with Crippen LogP contribution in [0.5, 0.6) is 0 Å². The Morgan fingerprint density at radius 1 is 1.19 bits per heavy atom. The van der Waals surface area contributed by atoms with Crippen molar-refractivity contribution in [3.05, 3.63) is 57.8 Å². The van der Waals surface area contributed by atoms with Gasteiger partial charge in [-0.25, -0.2) is 8.78 Å². The number of hydrogen-bond donors (Lipinski definition) is 0. The third kappa shape index (κ3) is 2.80. The van der Waals surface area contributed by atoms with E-state index in [-0.39, 0.29) is 0 Å². The average molecular weight is 259 g/mol. The number of benzene rings is 1. The molecule has 0 saturated carbocycles. The van der Waals surface area contributed by atoms with Gasteiger partial charge in [-0.1, -0.05) is 6.07 Å². The van der Waals surface area contributed by atoms with Crippen molar-refractivity contribution in [3.63, 3.8) is 0 Å². The van der Waals surface area contributed by atoms with Crippen molar-refractivity contribution in [2.45, 2.75) is 11.8 Å². The molecule has 1 atom stereocenters. The Labute approximate surface area is 101 Å². The van der Waals surface area contributed by atoms with Gasteiger partial charge in [-0.3, -0.25) is 0 Å². The largest absolute Gasteiger partial charge is 0.207 e. The number of halogens is 3. The normalized spacial score (nSPS) is 12.7. The molecule has 0 aliphatic carbocycles. The van der Waals surface area contributed by atoms with Crippen LogP contribution >= 0.6 is 22.9 Å². The van der Waals surface area contributed by atoms with Crippen LogP contribution in [0.2, 0.25) is 0 Å². The summed E-state index contributed by atoms with van der Waals surface area (Å²) in [5.41, 5.74) is 0.479. The molecule has 0 nitrogen and oxygen atoms in total. The second kappa shape index (κ2) is 4.93. The summed E-state index contributed by atoms with van der Waals surface area (Å²) in [5.74, 6) is -1.18. The lowest BCUT2D eigenvalue weighted by molar-refractivity contribution is 0.579. The maximum absolute atomic E-state index is 13.0. The van der Waals surface area contributed by atoms with Gasteiger partial charge in [0.2, 0.25) is 0 Å². The van der Waals surface area contributed by atoms with E-state index in [1.165, 1.54) is 12.1 Å². The number of hydrogen-bond acceptors (Lipinski definition) is 1. The Kier molecular flexibility index (Phi) is 3.56. The Morgan fingerprint density at radius 3 is 2.44 bits per heavy atom. The summed E-state index contributed by atoms with van der Waals surface area (Å²) in [5, 5.41) is 1.55. The molecule has 0 bridgehead atoms. The quantitative estimate of drug-likeness (QED) is 0.709. The molecule has 1 heterocycles. The van der Waals surface area contributed by atoms with Gasteiger partial charge in [0.15, 0.2) is 0 Å². The Bertz CT molecular complexity index is 448. The average Bonchev–Trinajstić information content (AvgIpc) is 2.68. The molecule has 0 aliphatic heterocycles. The van der Waals surface area contributed by atoms with E-state index < -0.39 is 17.0 Å². The van der Waals surface area contributed by atoms with Gasteiger partial charge in [-0.15, -0.1) is 22.9 Å². The maximum atomic E-state index is 13.0. The lowest BCUT2D eigenvalue weighted by Gasteiger charge is -2.08. The first-order valence-corrected chi connectivity index (χ1v) is 6.09. The van der Waals surface area contributed by atoms with Crippen LogP contribution < -0.4 is 0 Å². The molecule has 0 fully saturated rings. The fraction of sp³-hybridized carbons (Fsp3) is 0.167. The highest BCUT2D eigenvalue weighted by molar-refractivity contribution is 7.09. The Hall–Kier alpha value is -0.930. The number of alkyl halides is 1. The molecule has 0 N–H and O–H groups in total. The summed E-state index contributed by atoms with van der Waals surface area (Å²) in [4.78, 5) is 1.10. The molecule has 84 valence electrons. The lowest BCUT2D eigenvalue weighted by Crippen LogP contribution is -1.96. The van der Waals surface area contributed by atoms with Crippen molar-refractivity contribution in [1.29, 1.82) is 0 Å². The SMILES string of the molecule is Fc1cc(F)cc(C(Cl)Cc2cccs2)c1. The zero-order chi connectivity index (χ0) is 11.5. The van der Waals surface area contributed by atoms with Gasteiger partial charge in [0.1, 0.15) is 11.6 Å². The Balaban J connectivity index is 2.17. The molecular weight excluding hydrogens is 250 g/mol. The smallest absolute Gasteiger partial charge is 0.126 e. The highest BCUT2D eigenvalue weighted by atomic mass is 35.5. The zero-order valence-corrected chi connectivity index (χ0v) is 9.86. The Morgan fingerprint density at radius 2 is 1.88 bits per heavy atom. The van der Waals surface area contributed by atoms with Crippen LogP contribution in [-0.2, 0) is 6.42 Å². The summed E-state index contributed by atoms with van der Waals surface area (Å²) in [7, 11) is 0. The summed E-state index contributed by atoms with van der Waals surface area (Å²) >= 11 is 7.70. The molecule has 2 aromatic rings. The third-order valence-electron chi connectivity index (χ3n) is 2.21. The van der Waals surface area contributed by atoms with Crippen LogP contribution in [0.3, 0.4) is 0 Å². The standard InChI is InChI=1S/C12H9ClF2S/c13-12(7-11-2-1-3-16-11)8-4-9(14)6-10(15)5-8/h1-6,12H,7H2. The van der Waals surface area contributed by atoms with Gasteiger partial charge < -0.3 is 0 Å². The molecule has 0 radical (unpaired) electrons. The zero-order valence-electron chi connectivity index (χ0n) is 8.29. The molecular formula is C12H9ClF2S. The summed E-state index contributed by atoms with van der Waals surface area (Å²) in [6.07, 6.45) is 0.585. The van der Waals surface area contributed by atoms with E-state index in [2.05, 4.69) is 0 Å². The molecule has 0 saturated heterocycles. The van der Waals surface area contributed by atoms with Gasteiger partial charge >= 0.3 is 0 Å². The fourth-order valence-corrected chi connectivity index (χ4v) is 2.61. The predicted octanol–water partition coefficient (Wildman–Crippen LogP) is 4.55. The predicted molar refractivity (Wildman–Crippen MR) is 63.0 cm³/mol. The minimum absolute atomic E-state index is 0.399. The topological polar surface area (TPSA) is 0 Å². The van der Waals surface area contributed by atoms with Crippen LogP contribution in [0.4, 0.5) is 8.78 Å². The summed E-state index contributed by atoms with van der Waals surface area (Å²) in [6.45, 7) is 0. The van der Waals surface area contributed by atoms with E-state index in [0.29, 0.717) is 12.0 Å². The second-order valence-electron chi connectivity index (χ2n) is 3.45. The lowest BCUT2D eigenvalue weighted by atomic mass is 10.1. The highest BCUT2D eigenvalue weighted by Crippen LogP contribution is 2.27. The molecule has 2 rings (SSSR count). The van der Waals surface area contributed by atoms with Gasteiger partial charge in [-0.05, 0) is 29.1 Å². The maximum Gasteiger partial charge on any atom is 0.126 e. The van der Waals surface area contributed by atoms with Gasteiger partial charge in [0.05, 0.1) is 5.38 Å². The first kappa shape index (κ1) is 11.6. The van der Waals surface area contributed by atoms with Crippen molar-refractivity contribution >= 4 is 22.9 Å². The van der Waals surface area contributed by atoms with E-state index in [1.807, 2.05) is 17.5 Å². The van der Waals surface area contributed by atoms with Crippen LogP contribution in [-0.4, -0.2) is 0 Å². The molecule has 16 heavy (non-hydrogen) atoms. The van der Waals surface area contributed by atoms with E-state index in [1.54, 1.807) is 11.3 Å². The van der Waals surface area contributed by atoms with Crippen molar-refractivity contribution in [1.82, 2.24) is 0 Å². The van der Waals surface area contributed by atoms with E-state index >= 15 is 0 Å². The molecule has 0 aliphatic rings.